The van der Waals surface area contributed by atoms with Crippen molar-refractivity contribution in [1.29, 1.82) is 0 Å². The Morgan fingerprint density at radius 1 is 1.39 bits per heavy atom. The first kappa shape index (κ1) is 13.5. The molecule has 0 amide bonds. The molecule has 2 heterocycles. The van der Waals surface area contributed by atoms with Crippen LogP contribution in [0.25, 0.3) is 0 Å². The molecule has 7 nitrogen and oxygen atoms in total. The third kappa shape index (κ3) is 4.37. The molecule has 18 heavy (non-hydrogen) atoms. The van der Waals surface area contributed by atoms with E-state index in [1.807, 2.05) is 0 Å². The summed E-state index contributed by atoms with van der Waals surface area (Å²) in [5.74, 6) is 0.758. The first-order valence-electron chi connectivity index (χ1n) is 6.04. The Bertz CT molecular complexity index is 439. The van der Waals surface area contributed by atoms with Crippen LogP contribution < -0.4 is 10.0 Å². The number of aromatic amines is 1. The van der Waals surface area contributed by atoms with Gasteiger partial charge in [0.2, 0.25) is 10.0 Å². The molecule has 1 aliphatic rings. The van der Waals surface area contributed by atoms with Crippen molar-refractivity contribution in [1.82, 2.24) is 24.9 Å². The predicted molar refractivity (Wildman–Crippen MR) is 68.5 cm³/mol. The number of nitrogens with one attached hydrogen (secondary N) is 3. The molecule has 0 atom stereocenters. The van der Waals surface area contributed by atoms with Crippen molar-refractivity contribution < 1.29 is 8.42 Å². The Hall–Kier alpha value is -0.960. The molecule has 0 spiro atoms. The van der Waals surface area contributed by atoms with E-state index in [0.717, 1.165) is 26.2 Å². The highest BCUT2D eigenvalue weighted by atomic mass is 32.2. The van der Waals surface area contributed by atoms with E-state index >= 15 is 0 Å². The van der Waals surface area contributed by atoms with Gasteiger partial charge in [-0.05, 0) is 0 Å². The Morgan fingerprint density at radius 2 is 2.17 bits per heavy atom. The first-order valence-corrected chi connectivity index (χ1v) is 7.70. The SMILES string of the molecule is O=S(=O)(CCN1CCNCC1)NCc1ncc[nH]1. The van der Waals surface area contributed by atoms with Crippen molar-refractivity contribution in [3.05, 3.63) is 18.2 Å². The molecular weight excluding hydrogens is 254 g/mol. The molecule has 1 aromatic heterocycles. The average Bonchev–Trinajstić information content (AvgIpc) is 2.89. The van der Waals surface area contributed by atoms with Crippen LogP contribution in [-0.4, -0.2) is 61.8 Å². The van der Waals surface area contributed by atoms with Gasteiger partial charge in [0.05, 0.1) is 12.3 Å². The number of H-pyrrole nitrogens is 1. The van der Waals surface area contributed by atoms with Crippen molar-refractivity contribution in [2.24, 2.45) is 0 Å². The predicted octanol–water partition coefficient (Wildman–Crippen LogP) is -1.27. The van der Waals surface area contributed by atoms with Gasteiger partial charge in [0.15, 0.2) is 0 Å². The van der Waals surface area contributed by atoms with E-state index in [4.69, 9.17) is 0 Å². The van der Waals surface area contributed by atoms with Crippen molar-refractivity contribution in [3.8, 4) is 0 Å². The molecule has 1 fully saturated rings. The normalized spacial score (nSPS) is 18.0. The highest BCUT2D eigenvalue weighted by molar-refractivity contribution is 7.89. The van der Waals surface area contributed by atoms with Gasteiger partial charge in [0.25, 0.3) is 0 Å². The summed E-state index contributed by atoms with van der Waals surface area (Å²) in [4.78, 5) is 8.98. The van der Waals surface area contributed by atoms with E-state index < -0.39 is 10.0 Å². The molecule has 0 saturated carbocycles. The minimum atomic E-state index is -3.23. The number of imidazole rings is 1. The highest BCUT2D eigenvalue weighted by Gasteiger charge is 2.15. The summed E-state index contributed by atoms with van der Waals surface area (Å²) in [6.07, 6.45) is 3.27. The molecule has 0 aromatic carbocycles. The van der Waals surface area contributed by atoms with Crippen LogP contribution in [0.15, 0.2) is 12.4 Å². The lowest BCUT2D eigenvalue weighted by atomic mass is 10.4. The summed E-state index contributed by atoms with van der Waals surface area (Å²) in [7, 11) is -3.23. The van der Waals surface area contributed by atoms with Gasteiger partial charge in [-0.15, -0.1) is 0 Å². The second-order valence-corrected chi connectivity index (χ2v) is 6.19. The first-order chi connectivity index (χ1) is 8.66. The zero-order valence-electron chi connectivity index (χ0n) is 10.2. The van der Waals surface area contributed by atoms with Crippen LogP contribution in [0.1, 0.15) is 5.82 Å². The van der Waals surface area contributed by atoms with E-state index in [0.29, 0.717) is 12.4 Å². The van der Waals surface area contributed by atoms with Crippen LogP contribution in [0.4, 0.5) is 0 Å². The summed E-state index contributed by atoms with van der Waals surface area (Å²) < 4.78 is 26.1. The van der Waals surface area contributed by atoms with E-state index in [2.05, 4.69) is 24.9 Å². The summed E-state index contributed by atoms with van der Waals surface area (Å²) in [6, 6.07) is 0. The fraction of sp³-hybridized carbons (Fsp3) is 0.700. The highest BCUT2D eigenvalue weighted by Crippen LogP contribution is 1.96. The van der Waals surface area contributed by atoms with Crippen LogP contribution >= 0.6 is 0 Å². The van der Waals surface area contributed by atoms with E-state index in [1.165, 1.54) is 0 Å². The topological polar surface area (TPSA) is 90.1 Å². The van der Waals surface area contributed by atoms with E-state index in [1.54, 1.807) is 12.4 Å². The smallest absolute Gasteiger partial charge is 0.213 e. The molecule has 1 saturated heterocycles. The Balaban J connectivity index is 1.73. The van der Waals surface area contributed by atoms with Crippen molar-refractivity contribution in [2.45, 2.75) is 6.54 Å². The maximum absolute atomic E-state index is 11.8. The van der Waals surface area contributed by atoms with Gasteiger partial charge in [-0.25, -0.2) is 18.1 Å². The minimum Gasteiger partial charge on any atom is -0.347 e. The lowest BCUT2D eigenvalue weighted by Crippen LogP contribution is -2.45. The minimum absolute atomic E-state index is 0.133. The third-order valence-electron chi connectivity index (χ3n) is 2.90. The second-order valence-electron chi connectivity index (χ2n) is 4.27. The number of aromatic nitrogens is 2. The molecule has 0 aliphatic carbocycles. The lowest BCUT2D eigenvalue weighted by molar-refractivity contribution is 0.253. The second kappa shape index (κ2) is 6.28. The van der Waals surface area contributed by atoms with Crippen LogP contribution in [0.3, 0.4) is 0 Å². The monoisotopic (exact) mass is 273 g/mol. The largest absolute Gasteiger partial charge is 0.347 e. The molecule has 0 unspecified atom stereocenters. The molecule has 8 heteroatoms. The van der Waals surface area contributed by atoms with Gasteiger partial charge in [0, 0.05) is 45.1 Å². The summed E-state index contributed by atoms with van der Waals surface area (Å²) in [6.45, 7) is 4.48. The molecule has 1 aromatic rings. The molecule has 102 valence electrons. The van der Waals surface area contributed by atoms with Gasteiger partial charge in [-0.1, -0.05) is 0 Å². The fourth-order valence-corrected chi connectivity index (χ4v) is 2.83. The average molecular weight is 273 g/mol. The molecule has 2 rings (SSSR count). The van der Waals surface area contributed by atoms with E-state index in [-0.39, 0.29) is 12.3 Å². The van der Waals surface area contributed by atoms with Gasteiger partial charge in [-0.3, -0.25) is 4.90 Å². The summed E-state index contributed by atoms with van der Waals surface area (Å²) >= 11 is 0. The fourth-order valence-electron chi connectivity index (χ4n) is 1.83. The zero-order chi connectivity index (χ0) is 12.8. The summed E-state index contributed by atoms with van der Waals surface area (Å²) in [5, 5.41) is 3.24. The maximum Gasteiger partial charge on any atom is 0.213 e. The van der Waals surface area contributed by atoms with Gasteiger partial charge in [-0.2, -0.15) is 0 Å². The standard InChI is InChI=1S/C10H19N5O2S/c16-18(17,14-9-10-12-1-2-13-10)8-7-15-5-3-11-4-6-15/h1-2,11,14H,3-9H2,(H,12,13). The van der Waals surface area contributed by atoms with Gasteiger partial charge >= 0.3 is 0 Å². The van der Waals surface area contributed by atoms with Gasteiger partial charge in [0.1, 0.15) is 5.82 Å². The van der Waals surface area contributed by atoms with Crippen molar-refractivity contribution in [2.75, 3.05) is 38.5 Å². The van der Waals surface area contributed by atoms with Gasteiger partial charge < -0.3 is 10.3 Å². The number of rotatable bonds is 6. The van der Waals surface area contributed by atoms with Crippen LogP contribution in [0.2, 0.25) is 0 Å². The Labute approximate surface area is 107 Å². The number of hydrogen-bond donors (Lipinski definition) is 3. The third-order valence-corrected chi connectivity index (χ3v) is 4.20. The zero-order valence-corrected chi connectivity index (χ0v) is 11.0. The van der Waals surface area contributed by atoms with Crippen LogP contribution in [0.5, 0.6) is 0 Å². The maximum atomic E-state index is 11.8. The van der Waals surface area contributed by atoms with E-state index in [9.17, 15) is 8.42 Å². The number of nitrogens with zero attached hydrogens (tertiary/aromatic N) is 2. The molecular formula is C10H19N5O2S. The molecule has 0 bridgehead atoms. The number of sulfonamides is 1. The molecule has 1 aliphatic heterocycles. The Kier molecular flexibility index (Phi) is 4.70. The molecule has 3 N–H and O–H groups in total. The summed E-state index contributed by atoms with van der Waals surface area (Å²) in [5.41, 5.74) is 0. The van der Waals surface area contributed by atoms with Crippen LogP contribution in [0, 0.1) is 0 Å². The number of hydrogen-bond acceptors (Lipinski definition) is 5. The van der Waals surface area contributed by atoms with Crippen molar-refractivity contribution >= 4 is 10.0 Å². The van der Waals surface area contributed by atoms with Crippen LogP contribution in [-0.2, 0) is 16.6 Å². The molecule has 0 radical (unpaired) electrons. The number of piperazine rings is 1. The lowest BCUT2D eigenvalue weighted by Gasteiger charge is -2.26. The Morgan fingerprint density at radius 3 is 2.83 bits per heavy atom. The quantitative estimate of drug-likeness (QED) is 0.601. The van der Waals surface area contributed by atoms with Crippen molar-refractivity contribution in [3.63, 3.8) is 0 Å².